The third kappa shape index (κ3) is 2.50. The standard InChI is InChI=1S/C13H8Cl3N3O/c14-7-4-9(16)11(5-8(7)15)19-13-18-10-2-1-6(17)3-12(10)20-13/h1-5H,17H2,(H,18,19). The van der Waals surface area contributed by atoms with E-state index in [2.05, 4.69) is 10.3 Å². The summed E-state index contributed by atoms with van der Waals surface area (Å²) in [6, 6.07) is 8.68. The number of nitrogens with zero attached hydrogens (tertiary/aromatic N) is 1. The number of benzene rings is 2. The minimum atomic E-state index is 0.297. The Labute approximate surface area is 129 Å². The quantitative estimate of drug-likeness (QED) is 0.506. The van der Waals surface area contributed by atoms with Gasteiger partial charge in [0.1, 0.15) is 5.52 Å². The monoisotopic (exact) mass is 327 g/mol. The summed E-state index contributed by atoms with van der Waals surface area (Å²) in [7, 11) is 0. The molecule has 7 heteroatoms. The van der Waals surface area contributed by atoms with Crippen molar-refractivity contribution >= 4 is 63.3 Å². The molecule has 1 aromatic heterocycles. The zero-order valence-corrected chi connectivity index (χ0v) is 12.2. The Balaban J connectivity index is 1.99. The molecule has 0 spiro atoms. The first-order valence-electron chi connectivity index (χ1n) is 5.60. The maximum atomic E-state index is 6.08. The Kier molecular flexibility index (Phi) is 3.38. The van der Waals surface area contributed by atoms with Gasteiger partial charge in [-0.1, -0.05) is 34.8 Å². The molecule has 2 aromatic carbocycles. The number of fused-ring (bicyclic) bond motifs is 1. The molecule has 0 aliphatic heterocycles. The van der Waals surface area contributed by atoms with Gasteiger partial charge >= 0.3 is 0 Å². The molecule has 0 saturated heterocycles. The fourth-order valence-electron chi connectivity index (χ4n) is 1.73. The highest BCUT2D eigenvalue weighted by Crippen LogP contribution is 2.34. The second-order valence-corrected chi connectivity index (χ2v) is 5.34. The Hall–Kier alpha value is -1.62. The van der Waals surface area contributed by atoms with Gasteiger partial charge in [-0.25, -0.2) is 0 Å². The summed E-state index contributed by atoms with van der Waals surface area (Å²) in [4.78, 5) is 4.27. The molecule has 0 radical (unpaired) electrons. The Bertz CT molecular complexity index is 801. The van der Waals surface area contributed by atoms with Crippen molar-refractivity contribution < 1.29 is 4.42 Å². The number of aromatic nitrogens is 1. The summed E-state index contributed by atoms with van der Waals surface area (Å²) in [5, 5.41) is 4.14. The zero-order chi connectivity index (χ0) is 14.3. The van der Waals surface area contributed by atoms with Crippen LogP contribution < -0.4 is 11.1 Å². The van der Waals surface area contributed by atoms with E-state index in [1.54, 1.807) is 30.3 Å². The molecular weight excluding hydrogens is 321 g/mol. The van der Waals surface area contributed by atoms with Crippen LogP contribution in [0.2, 0.25) is 15.1 Å². The van der Waals surface area contributed by atoms with E-state index in [1.807, 2.05) is 0 Å². The van der Waals surface area contributed by atoms with Gasteiger partial charge in [0, 0.05) is 11.8 Å². The molecule has 0 aliphatic rings. The zero-order valence-electron chi connectivity index (χ0n) is 9.95. The number of nitrogen functional groups attached to an aromatic ring is 1. The third-order valence-corrected chi connectivity index (χ3v) is 3.70. The normalized spacial score (nSPS) is 10.9. The van der Waals surface area contributed by atoms with Gasteiger partial charge < -0.3 is 15.5 Å². The first-order chi connectivity index (χ1) is 9.52. The number of rotatable bonds is 2. The predicted molar refractivity (Wildman–Crippen MR) is 83.2 cm³/mol. The minimum Gasteiger partial charge on any atom is -0.423 e. The van der Waals surface area contributed by atoms with E-state index in [1.165, 1.54) is 0 Å². The number of nitrogens with one attached hydrogen (secondary N) is 1. The second kappa shape index (κ2) is 5.05. The number of anilines is 3. The molecule has 0 amide bonds. The Morgan fingerprint density at radius 1 is 1.00 bits per heavy atom. The number of hydrogen-bond acceptors (Lipinski definition) is 4. The summed E-state index contributed by atoms with van der Waals surface area (Å²) in [5.41, 5.74) is 8.12. The highest BCUT2D eigenvalue weighted by molar-refractivity contribution is 6.44. The number of oxazole rings is 1. The van der Waals surface area contributed by atoms with Crippen molar-refractivity contribution in [3.63, 3.8) is 0 Å². The minimum absolute atomic E-state index is 0.297. The van der Waals surface area contributed by atoms with Crippen LogP contribution in [-0.2, 0) is 0 Å². The summed E-state index contributed by atoms with van der Waals surface area (Å²) in [5.74, 6) is 0. The summed E-state index contributed by atoms with van der Waals surface area (Å²) in [6.45, 7) is 0. The molecular formula is C13H8Cl3N3O. The molecule has 0 unspecified atom stereocenters. The molecule has 0 atom stereocenters. The van der Waals surface area contributed by atoms with E-state index in [9.17, 15) is 0 Å². The number of hydrogen-bond donors (Lipinski definition) is 2. The van der Waals surface area contributed by atoms with Crippen LogP contribution in [0.1, 0.15) is 0 Å². The molecule has 4 nitrogen and oxygen atoms in total. The molecule has 0 aliphatic carbocycles. The second-order valence-electron chi connectivity index (χ2n) is 4.12. The van der Waals surface area contributed by atoms with Crippen LogP contribution in [0.5, 0.6) is 0 Å². The van der Waals surface area contributed by atoms with Crippen LogP contribution in [0.3, 0.4) is 0 Å². The molecule has 0 saturated carbocycles. The molecule has 102 valence electrons. The molecule has 1 heterocycles. The van der Waals surface area contributed by atoms with Gasteiger partial charge in [-0.2, -0.15) is 4.98 Å². The van der Waals surface area contributed by atoms with Gasteiger partial charge in [0.2, 0.25) is 0 Å². The maximum absolute atomic E-state index is 6.08. The van der Waals surface area contributed by atoms with Crippen LogP contribution in [0.4, 0.5) is 17.4 Å². The fourth-order valence-corrected chi connectivity index (χ4v) is 2.32. The SMILES string of the molecule is Nc1ccc2nc(Nc3cc(Cl)c(Cl)cc3Cl)oc2c1. The number of nitrogens with two attached hydrogens (primary N) is 1. The van der Waals surface area contributed by atoms with Crippen molar-refractivity contribution in [3.05, 3.63) is 45.4 Å². The summed E-state index contributed by atoms with van der Waals surface area (Å²) >= 11 is 17.9. The molecule has 3 aromatic rings. The topological polar surface area (TPSA) is 64.1 Å². The van der Waals surface area contributed by atoms with Gasteiger partial charge in [0.25, 0.3) is 6.01 Å². The highest BCUT2D eigenvalue weighted by atomic mass is 35.5. The summed E-state index contributed by atoms with van der Waals surface area (Å²) < 4.78 is 5.54. The lowest BCUT2D eigenvalue weighted by molar-refractivity contribution is 0.623. The van der Waals surface area contributed by atoms with Crippen molar-refractivity contribution in [1.82, 2.24) is 4.98 Å². The lowest BCUT2D eigenvalue weighted by atomic mass is 10.3. The average Bonchev–Trinajstić information content (AvgIpc) is 2.77. The predicted octanol–water partition coefficient (Wildman–Crippen LogP) is 5.11. The van der Waals surface area contributed by atoms with E-state index in [0.717, 1.165) is 0 Å². The Morgan fingerprint density at radius 2 is 1.75 bits per heavy atom. The van der Waals surface area contributed by atoms with Crippen LogP contribution in [0, 0.1) is 0 Å². The van der Waals surface area contributed by atoms with Crippen molar-refractivity contribution in [2.75, 3.05) is 11.1 Å². The van der Waals surface area contributed by atoms with E-state index in [0.29, 0.717) is 43.6 Å². The van der Waals surface area contributed by atoms with Crippen molar-refractivity contribution in [2.24, 2.45) is 0 Å². The van der Waals surface area contributed by atoms with Crippen molar-refractivity contribution in [2.45, 2.75) is 0 Å². The average molecular weight is 329 g/mol. The van der Waals surface area contributed by atoms with E-state index in [4.69, 9.17) is 45.0 Å². The smallest absolute Gasteiger partial charge is 0.300 e. The maximum Gasteiger partial charge on any atom is 0.300 e. The molecule has 0 fully saturated rings. The van der Waals surface area contributed by atoms with Gasteiger partial charge in [0.15, 0.2) is 5.58 Å². The lowest BCUT2D eigenvalue weighted by Crippen LogP contribution is -1.91. The first-order valence-corrected chi connectivity index (χ1v) is 6.74. The fraction of sp³-hybridized carbons (Fsp3) is 0. The van der Waals surface area contributed by atoms with Gasteiger partial charge in [-0.05, 0) is 24.3 Å². The van der Waals surface area contributed by atoms with E-state index < -0.39 is 0 Å². The van der Waals surface area contributed by atoms with Crippen LogP contribution in [-0.4, -0.2) is 4.98 Å². The molecule has 3 N–H and O–H groups in total. The molecule has 20 heavy (non-hydrogen) atoms. The van der Waals surface area contributed by atoms with Crippen LogP contribution >= 0.6 is 34.8 Å². The molecule has 0 bridgehead atoms. The van der Waals surface area contributed by atoms with Gasteiger partial charge in [0.05, 0.1) is 20.8 Å². The van der Waals surface area contributed by atoms with Gasteiger partial charge in [-0.3, -0.25) is 0 Å². The van der Waals surface area contributed by atoms with Gasteiger partial charge in [-0.15, -0.1) is 0 Å². The Morgan fingerprint density at radius 3 is 2.55 bits per heavy atom. The number of halogens is 3. The third-order valence-electron chi connectivity index (χ3n) is 2.66. The van der Waals surface area contributed by atoms with Crippen molar-refractivity contribution in [1.29, 1.82) is 0 Å². The van der Waals surface area contributed by atoms with Crippen molar-refractivity contribution in [3.8, 4) is 0 Å². The summed E-state index contributed by atoms with van der Waals surface area (Å²) in [6.07, 6.45) is 0. The largest absolute Gasteiger partial charge is 0.423 e. The molecule has 3 rings (SSSR count). The highest BCUT2D eigenvalue weighted by Gasteiger charge is 2.10. The van der Waals surface area contributed by atoms with E-state index >= 15 is 0 Å². The lowest BCUT2D eigenvalue weighted by Gasteiger charge is -2.06. The first kappa shape index (κ1) is 13.4. The van der Waals surface area contributed by atoms with Crippen LogP contribution in [0.25, 0.3) is 11.1 Å². The van der Waals surface area contributed by atoms with E-state index in [-0.39, 0.29) is 0 Å². The van der Waals surface area contributed by atoms with Crippen LogP contribution in [0.15, 0.2) is 34.7 Å².